The van der Waals surface area contributed by atoms with Gasteiger partial charge in [0.15, 0.2) is 3.95 Å². The molecule has 0 aliphatic heterocycles. The Bertz CT molecular complexity index is 423. The van der Waals surface area contributed by atoms with Crippen molar-refractivity contribution in [1.29, 1.82) is 0 Å². The number of hydrogen-bond acceptors (Lipinski definition) is 4. The number of nitrogens with one attached hydrogen (secondary N) is 1. The monoisotopic (exact) mass is 300 g/mol. The molecule has 0 saturated carbocycles. The molecular weight excluding hydrogens is 276 g/mol. The summed E-state index contributed by atoms with van der Waals surface area (Å²) < 4.78 is 0.589. The van der Waals surface area contributed by atoms with Crippen molar-refractivity contribution in [1.82, 2.24) is 4.98 Å². The zero-order valence-electron chi connectivity index (χ0n) is 11.7. The van der Waals surface area contributed by atoms with Crippen LogP contribution in [0.25, 0.3) is 0 Å². The largest absolute Gasteiger partial charge is 0.494 e. The number of aromatic hydroxyl groups is 1. The maximum Gasteiger partial charge on any atom is 0.209 e. The van der Waals surface area contributed by atoms with E-state index in [-0.39, 0.29) is 5.88 Å². The molecule has 19 heavy (non-hydrogen) atoms. The van der Waals surface area contributed by atoms with Crippen LogP contribution in [0.3, 0.4) is 0 Å². The summed E-state index contributed by atoms with van der Waals surface area (Å²) in [6.07, 6.45) is 12.2. The second kappa shape index (κ2) is 10.1. The van der Waals surface area contributed by atoms with Crippen molar-refractivity contribution in [3.8, 4) is 5.88 Å². The first-order valence-corrected chi connectivity index (χ1v) is 8.38. The summed E-state index contributed by atoms with van der Waals surface area (Å²) >= 11 is 6.30. The minimum Gasteiger partial charge on any atom is -0.494 e. The maximum absolute atomic E-state index is 9.47. The summed E-state index contributed by atoms with van der Waals surface area (Å²) in [5, 5.41) is 9.47. The van der Waals surface area contributed by atoms with Crippen LogP contribution in [-0.2, 0) is 0 Å². The van der Waals surface area contributed by atoms with Crippen molar-refractivity contribution in [2.45, 2.75) is 58.3 Å². The molecule has 3 nitrogen and oxygen atoms in total. The van der Waals surface area contributed by atoms with Crippen molar-refractivity contribution < 1.29 is 5.11 Å². The molecular formula is C14H24N2OS2. The van der Waals surface area contributed by atoms with Crippen molar-refractivity contribution in [3.05, 3.63) is 8.83 Å². The Balaban J connectivity index is 2.02. The number of rotatable bonds is 10. The molecule has 1 rings (SSSR count). The highest BCUT2D eigenvalue weighted by Gasteiger charge is 2.00. The highest BCUT2D eigenvalue weighted by Crippen LogP contribution is 2.18. The molecule has 0 atom stereocenters. The van der Waals surface area contributed by atoms with Crippen molar-refractivity contribution in [3.63, 3.8) is 0 Å². The van der Waals surface area contributed by atoms with Crippen LogP contribution in [0.4, 0.5) is 0 Å². The van der Waals surface area contributed by atoms with Crippen LogP contribution in [-0.4, -0.2) is 22.8 Å². The van der Waals surface area contributed by atoms with Gasteiger partial charge in [0.1, 0.15) is 4.88 Å². The maximum atomic E-state index is 9.47. The molecule has 0 aliphatic rings. The van der Waals surface area contributed by atoms with E-state index in [1.54, 1.807) is 6.21 Å². The van der Waals surface area contributed by atoms with Gasteiger partial charge in [-0.1, -0.05) is 63.2 Å². The van der Waals surface area contributed by atoms with E-state index in [0.29, 0.717) is 3.95 Å². The lowest BCUT2D eigenvalue weighted by molar-refractivity contribution is 0.456. The van der Waals surface area contributed by atoms with Gasteiger partial charge in [-0.2, -0.15) is 0 Å². The Morgan fingerprint density at radius 1 is 1.16 bits per heavy atom. The number of unbranched alkanes of at least 4 members (excludes halogenated alkanes) is 7. The smallest absolute Gasteiger partial charge is 0.209 e. The number of hydrogen-bond donors (Lipinski definition) is 2. The van der Waals surface area contributed by atoms with Gasteiger partial charge in [-0.05, 0) is 18.6 Å². The van der Waals surface area contributed by atoms with Gasteiger partial charge in [-0.25, -0.2) is 0 Å². The summed E-state index contributed by atoms with van der Waals surface area (Å²) in [5.74, 6) is 0.134. The highest BCUT2D eigenvalue weighted by molar-refractivity contribution is 7.73. The van der Waals surface area contributed by atoms with E-state index in [4.69, 9.17) is 12.2 Å². The molecule has 2 N–H and O–H groups in total. The Hall–Kier alpha value is -0.680. The van der Waals surface area contributed by atoms with Crippen molar-refractivity contribution in [2.24, 2.45) is 4.99 Å². The zero-order chi connectivity index (χ0) is 13.9. The molecule has 0 unspecified atom stereocenters. The fourth-order valence-corrected chi connectivity index (χ4v) is 2.89. The van der Waals surface area contributed by atoms with E-state index in [1.165, 1.54) is 56.3 Å². The van der Waals surface area contributed by atoms with Gasteiger partial charge in [0, 0.05) is 12.8 Å². The van der Waals surface area contributed by atoms with Crippen molar-refractivity contribution >= 4 is 29.8 Å². The van der Waals surface area contributed by atoms with Gasteiger partial charge in [-0.3, -0.25) is 4.99 Å². The number of thiazole rings is 1. The SMILES string of the molecule is CCCCCCCCCCN=Cc1sc(=S)[nH]c1O. The molecule has 0 amide bonds. The first-order valence-electron chi connectivity index (χ1n) is 7.16. The Labute approximate surface area is 124 Å². The van der Waals surface area contributed by atoms with E-state index in [2.05, 4.69) is 16.9 Å². The normalized spacial score (nSPS) is 11.4. The van der Waals surface area contributed by atoms with Crippen LogP contribution in [0.1, 0.15) is 63.2 Å². The van der Waals surface area contributed by atoms with E-state index < -0.39 is 0 Å². The zero-order valence-corrected chi connectivity index (χ0v) is 13.3. The van der Waals surface area contributed by atoms with Gasteiger partial charge >= 0.3 is 0 Å². The van der Waals surface area contributed by atoms with Gasteiger partial charge in [0.25, 0.3) is 0 Å². The molecule has 0 spiro atoms. The summed E-state index contributed by atoms with van der Waals surface area (Å²) in [4.78, 5) is 7.74. The Morgan fingerprint density at radius 3 is 2.37 bits per heavy atom. The summed E-state index contributed by atoms with van der Waals surface area (Å²) in [5.41, 5.74) is 0. The number of aromatic nitrogens is 1. The predicted molar refractivity (Wildman–Crippen MR) is 86.2 cm³/mol. The molecule has 1 aromatic rings. The molecule has 1 aromatic heterocycles. The molecule has 108 valence electrons. The molecule has 5 heteroatoms. The van der Waals surface area contributed by atoms with Crippen LogP contribution < -0.4 is 0 Å². The molecule has 0 saturated heterocycles. The number of H-pyrrole nitrogens is 1. The molecule has 0 radical (unpaired) electrons. The fourth-order valence-electron chi connectivity index (χ4n) is 1.90. The summed E-state index contributed by atoms with van der Waals surface area (Å²) in [6, 6.07) is 0. The third kappa shape index (κ3) is 7.47. The van der Waals surface area contributed by atoms with E-state index in [1.807, 2.05) is 0 Å². The van der Waals surface area contributed by atoms with Crippen LogP contribution in [0.5, 0.6) is 5.88 Å². The minimum absolute atomic E-state index is 0.134. The van der Waals surface area contributed by atoms with Gasteiger partial charge in [-0.15, -0.1) is 0 Å². The lowest BCUT2D eigenvalue weighted by atomic mass is 10.1. The van der Waals surface area contributed by atoms with Crippen LogP contribution in [0.15, 0.2) is 4.99 Å². The topological polar surface area (TPSA) is 48.4 Å². The number of aliphatic imine (C=N–C) groups is 1. The summed E-state index contributed by atoms with van der Waals surface area (Å²) in [6.45, 7) is 3.08. The first-order chi connectivity index (χ1) is 9.24. The third-order valence-electron chi connectivity index (χ3n) is 3.01. The molecule has 0 aromatic carbocycles. The molecule has 1 heterocycles. The van der Waals surface area contributed by atoms with E-state index >= 15 is 0 Å². The lowest BCUT2D eigenvalue weighted by Crippen LogP contribution is -1.85. The second-order valence-corrected chi connectivity index (χ2v) is 6.46. The Kier molecular flexibility index (Phi) is 8.75. The number of aromatic amines is 1. The molecule has 0 bridgehead atoms. The van der Waals surface area contributed by atoms with Crippen LogP contribution in [0, 0.1) is 3.95 Å². The van der Waals surface area contributed by atoms with Crippen LogP contribution in [0.2, 0.25) is 0 Å². The van der Waals surface area contributed by atoms with E-state index in [0.717, 1.165) is 17.8 Å². The summed E-state index contributed by atoms with van der Waals surface area (Å²) in [7, 11) is 0. The number of nitrogens with zero attached hydrogens (tertiary/aromatic N) is 1. The average Bonchev–Trinajstić information content (AvgIpc) is 2.70. The highest BCUT2D eigenvalue weighted by atomic mass is 32.1. The van der Waals surface area contributed by atoms with Gasteiger partial charge < -0.3 is 10.1 Å². The second-order valence-electron chi connectivity index (χ2n) is 4.74. The quantitative estimate of drug-likeness (QED) is 0.360. The van der Waals surface area contributed by atoms with Crippen molar-refractivity contribution in [2.75, 3.05) is 6.54 Å². The van der Waals surface area contributed by atoms with Gasteiger partial charge in [0.2, 0.25) is 5.88 Å². The Morgan fingerprint density at radius 2 is 1.79 bits per heavy atom. The molecule has 0 fully saturated rings. The lowest BCUT2D eigenvalue weighted by Gasteiger charge is -1.99. The average molecular weight is 300 g/mol. The molecule has 0 aliphatic carbocycles. The first kappa shape index (κ1) is 16.4. The van der Waals surface area contributed by atoms with Crippen LogP contribution >= 0.6 is 23.6 Å². The third-order valence-corrected chi connectivity index (χ3v) is 4.16. The van der Waals surface area contributed by atoms with E-state index in [9.17, 15) is 5.11 Å². The van der Waals surface area contributed by atoms with Gasteiger partial charge in [0.05, 0.1) is 0 Å². The standard InChI is InChI=1S/C14H24N2OS2/c1-2-3-4-5-6-7-8-9-10-15-11-12-13(17)16-14(18)19-12/h11,17H,2-10H2,1H3,(H,16,18). The fraction of sp³-hybridized carbons (Fsp3) is 0.714. The predicted octanol–water partition coefficient (Wildman–Crippen LogP) is 5.07. The minimum atomic E-state index is 0.134.